The molecule has 1 aliphatic rings. The fourth-order valence-corrected chi connectivity index (χ4v) is 2.15. The second kappa shape index (κ2) is 5.55. The molecule has 0 radical (unpaired) electrons. The molecule has 0 aromatic rings. The summed E-state index contributed by atoms with van der Waals surface area (Å²) in [6.45, 7) is 6.72. The maximum atomic E-state index is 2.36. The molecule has 0 saturated carbocycles. The number of hydrogen-bond acceptors (Lipinski definition) is 0. The first kappa shape index (κ1) is 14.5. The minimum absolute atomic E-state index is 0. The van der Waals surface area contributed by atoms with Crippen LogP contribution in [0.3, 0.4) is 0 Å². The topological polar surface area (TPSA) is 0 Å². The second-order valence-corrected chi connectivity index (χ2v) is 4.61. The molecule has 3 heteroatoms. The van der Waals surface area contributed by atoms with Gasteiger partial charge in [0.1, 0.15) is 0 Å². The molecule has 0 aromatic heterocycles. The molecule has 0 spiro atoms. The van der Waals surface area contributed by atoms with Gasteiger partial charge in [0.05, 0.1) is 0 Å². The third-order valence-corrected chi connectivity index (χ3v) is 4.93. The van der Waals surface area contributed by atoms with Crippen LogP contribution in [0.5, 0.6) is 0 Å². The predicted octanol–water partition coefficient (Wildman–Crippen LogP) is 3.25. The second-order valence-electron chi connectivity index (χ2n) is 2.68. The molecule has 1 unspecified atom stereocenters. The van der Waals surface area contributed by atoms with Crippen molar-refractivity contribution in [3.8, 4) is 0 Å². The minimum Gasteiger partial charge on any atom is -0.147 e. The van der Waals surface area contributed by atoms with Crippen LogP contribution in [0.1, 0.15) is 20.8 Å². The Bertz CT molecular complexity index is 194. The quantitative estimate of drug-likeness (QED) is 0.583. The first-order valence-corrected chi connectivity index (χ1v) is 5.03. The van der Waals surface area contributed by atoms with Gasteiger partial charge in [0.25, 0.3) is 0 Å². The molecule has 0 heterocycles. The molecule has 63 valence electrons. The van der Waals surface area contributed by atoms with Crippen molar-refractivity contribution in [3.05, 3.63) is 20.6 Å². The van der Waals surface area contributed by atoms with E-state index in [-0.39, 0.29) is 24.8 Å². The van der Waals surface area contributed by atoms with Gasteiger partial charge in [-0.25, -0.2) is 0 Å². The van der Waals surface area contributed by atoms with E-state index in [0.717, 1.165) is 5.92 Å². The van der Waals surface area contributed by atoms with Gasteiger partial charge in [0, 0.05) is 0 Å². The molecular formula is C8H13Cl2Hf. The molecule has 0 fully saturated rings. The summed E-state index contributed by atoms with van der Waals surface area (Å²) < 4.78 is 1.67. The Kier molecular flexibility index (Phi) is 7.30. The summed E-state index contributed by atoms with van der Waals surface area (Å²) in [5.74, 6) is 0.747. The van der Waals surface area contributed by atoms with Crippen molar-refractivity contribution in [3.63, 3.8) is 0 Å². The molecule has 1 atom stereocenters. The number of hydrogen-bond donors (Lipinski definition) is 0. The largest absolute Gasteiger partial charge is 0.147 e. The van der Waals surface area contributed by atoms with E-state index < -0.39 is 0 Å². The molecule has 1 rings (SSSR count). The van der Waals surface area contributed by atoms with Crippen LogP contribution in [0, 0.1) is 5.92 Å². The third-order valence-electron chi connectivity index (χ3n) is 1.95. The Morgan fingerprint density at radius 1 is 1.27 bits per heavy atom. The monoisotopic (exact) mass is 359 g/mol. The molecule has 0 N–H and O–H groups in total. The van der Waals surface area contributed by atoms with Gasteiger partial charge < -0.3 is 0 Å². The van der Waals surface area contributed by atoms with Crippen LogP contribution in [0.4, 0.5) is 0 Å². The van der Waals surface area contributed by atoms with Gasteiger partial charge >= 0.3 is 71.6 Å². The van der Waals surface area contributed by atoms with Gasteiger partial charge in [-0.2, -0.15) is 0 Å². The first-order valence-electron chi connectivity index (χ1n) is 3.24. The third kappa shape index (κ3) is 3.04. The summed E-state index contributed by atoms with van der Waals surface area (Å²) in [7, 11) is 0. The van der Waals surface area contributed by atoms with Crippen LogP contribution >= 0.6 is 24.8 Å². The van der Waals surface area contributed by atoms with Crippen molar-refractivity contribution in [2.75, 3.05) is 0 Å². The molecule has 0 saturated heterocycles. The Hall–Kier alpha value is 0.930. The molecule has 1 aliphatic carbocycles. The summed E-state index contributed by atoms with van der Waals surface area (Å²) >= 11 is 1.24. The van der Waals surface area contributed by atoms with Crippen molar-refractivity contribution in [2.45, 2.75) is 20.8 Å². The van der Waals surface area contributed by atoms with Crippen molar-refractivity contribution in [1.29, 1.82) is 0 Å². The zero-order valence-electron chi connectivity index (χ0n) is 6.97. The first-order chi connectivity index (χ1) is 4.13. The SMILES string of the molecule is CC1=CC(C)[C]([Hf])=C1C.Cl.Cl. The summed E-state index contributed by atoms with van der Waals surface area (Å²) in [5.41, 5.74) is 3.04. The Balaban J connectivity index is 0. The Labute approximate surface area is 95.9 Å². The van der Waals surface area contributed by atoms with Crippen LogP contribution in [0.15, 0.2) is 20.6 Å². The van der Waals surface area contributed by atoms with Crippen molar-refractivity contribution < 1.29 is 24.4 Å². The Morgan fingerprint density at radius 2 is 1.73 bits per heavy atom. The summed E-state index contributed by atoms with van der Waals surface area (Å²) in [6.07, 6.45) is 2.36. The van der Waals surface area contributed by atoms with E-state index in [0.29, 0.717) is 0 Å². The van der Waals surface area contributed by atoms with Crippen molar-refractivity contribution >= 4 is 24.8 Å². The molecule has 0 aliphatic heterocycles. The van der Waals surface area contributed by atoms with Crippen LogP contribution in [0.2, 0.25) is 0 Å². The van der Waals surface area contributed by atoms with E-state index in [1.54, 1.807) is 8.90 Å². The molecule has 11 heavy (non-hydrogen) atoms. The van der Waals surface area contributed by atoms with E-state index in [1.807, 2.05) is 0 Å². The maximum absolute atomic E-state index is 2.36. The zero-order chi connectivity index (χ0) is 7.02. The molecule has 0 nitrogen and oxygen atoms in total. The maximum Gasteiger partial charge on any atom is -0.147 e. The number of halogens is 2. The Morgan fingerprint density at radius 3 is 1.82 bits per heavy atom. The van der Waals surface area contributed by atoms with Crippen LogP contribution in [0.25, 0.3) is 0 Å². The standard InChI is InChI=1S/C8H11.2ClH.Hf/c1-6-4-7(2)8(3)5-6;;;/h4,6H,1-3H3;2*1H;. The van der Waals surface area contributed by atoms with Crippen molar-refractivity contribution in [1.82, 2.24) is 0 Å². The molecule has 0 amide bonds. The zero-order valence-corrected chi connectivity index (χ0v) is 12.2. The van der Waals surface area contributed by atoms with Gasteiger partial charge in [-0.05, 0) is 0 Å². The van der Waals surface area contributed by atoms with Gasteiger partial charge in [-0.15, -0.1) is 24.8 Å². The van der Waals surface area contributed by atoms with Crippen LogP contribution in [-0.2, 0) is 24.4 Å². The van der Waals surface area contributed by atoms with E-state index in [4.69, 9.17) is 0 Å². The minimum atomic E-state index is 0. The molecule has 0 bridgehead atoms. The van der Waals surface area contributed by atoms with E-state index >= 15 is 0 Å². The molecular weight excluding hydrogens is 345 g/mol. The predicted molar refractivity (Wildman–Crippen MR) is 50.1 cm³/mol. The summed E-state index contributed by atoms with van der Waals surface area (Å²) in [6, 6.07) is 0. The number of allylic oxidation sites excluding steroid dienone is 4. The van der Waals surface area contributed by atoms with Gasteiger partial charge in [-0.3, -0.25) is 0 Å². The van der Waals surface area contributed by atoms with Gasteiger partial charge in [-0.1, -0.05) is 0 Å². The fraction of sp³-hybridized carbons (Fsp3) is 0.500. The summed E-state index contributed by atoms with van der Waals surface area (Å²) in [5, 5.41) is 0. The fourth-order valence-electron chi connectivity index (χ4n) is 1.14. The average Bonchev–Trinajstić information content (AvgIpc) is 1.98. The van der Waals surface area contributed by atoms with Crippen LogP contribution in [-0.4, -0.2) is 0 Å². The van der Waals surface area contributed by atoms with E-state index in [2.05, 4.69) is 26.8 Å². The van der Waals surface area contributed by atoms with Crippen molar-refractivity contribution in [2.24, 2.45) is 5.92 Å². The number of rotatable bonds is 0. The smallest absolute Gasteiger partial charge is 0.147 e. The average molecular weight is 359 g/mol. The molecule has 0 aromatic carbocycles. The van der Waals surface area contributed by atoms with E-state index in [1.165, 1.54) is 29.9 Å². The normalized spacial score (nSPS) is 22.0. The van der Waals surface area contributed by atoms with Crippen LogP contribution < -0.4 is 0 Å². The van der Waals surface area contributed by atoms with Gasteiger partial charge in [0.15, 0.2) is 0 Å². The van der Waals surface area contributed by atoms with Gasteiger partial charge in [0.2, 0.25) is 0 Å². The van der Waals surface area contributed by atoms with E-state index in [9.17, 15) is 0 Å². The summed E-state index contributed by atoms with van der Waals surface area (Å²) in [4.78, 5) is 0.